The van der Waals surface area contributed by atoms with Crippen LogP contribution >= 0.6 is 0 Å². The van der Waals surface area contributed by atoms with Crippen molar-refractivity contribution in [1.82, 2.24) is 10.3 Å². The van der Waals surface area contributed by atoms with Gasteiger partial charge in [0.25, 0.3) is 5.91 Å². The van der Waals surface area contributed by atoms with Crippen LogP contribution in [0, 0.1) is 0 Å². The molecular formula is C17H20N2O4. The van der Waals surface area contributed by atoms with Crippen LogP contribution in [0.2, 0.25) is 0 Å². The molecule has 1 aromatic carbocycles. The number of amides is 1. The molecule has 2 aromatic rings. The standard InChI is InChI=1S/C17H20N2O4/c1-23-12-5-6-13-11(9-12)10-14(18-13)15(20)19-17(16(21)22)7-3-2-4-8-17/h5-6,9-10,18H,2-4,7-8H2,1H3,(H,19,20)(H,21,22). The van der Waals surface area contributed by atoms with Gasteiger partial charge < -0.3 is 20.1 Å². The average molecular weight is 316 g/mol. The van der Waals surface area contributed by atoms with Crippen LogP contribution in [0.3, 0.4) is 0 Å². The minimum atomic E-state index is -1.15. The summed E-state index contributed by atoms with van der Waals surface area (Å²) >= 11 is 0. The molecule has 6 heteroatoms. The molecule has 1 fully saturated rings. The van der Waals surface area contributed by atoms with Gasteiger partial charge in [0.15, 0.2) is 0 Å². The molecule has 3 N–H and O–H groups in total. The van der Waals surface area contributed by atoms with Crippen LogP contribution in [-0.2, 0) is 4.79 Å². The van der Waals surface area contributed by atoms with E-state index in [1.807, 2.05) is 12.1 Å². The molecule has 0 bridgehead atoms. The summed E-state index contributed by atoms with van der Waals surface area (Å²) in [5, 5.41) is 13.1. The Morgan fingerprint density at radius 2 is 1.96 bits per heavy atom. The van der Waals surface area contributed by atoms with Crippen molar-refractivity contribution in [2.24, 2.45) is 0 Å². The maximum atomic E-state index is 12.5. The molecule has 0 saturated heterocycles. The van der Waals surface area contributed by atoms with Gasteiger partial charge in [-0.25, -0.2) is 4.79 Å². The predicted molar refractivity (Wildman–Crippen MR) is 85.8 cm³/mol. The quantitative estimate of drug-likeness (QED) is 0.808. The largest absolute Gasteiger partial charge is 0.497 e. The fourth-order valence-corrected chi connectivity index (χ4v) is 3.19. The van der Waals surface area contributed by atoms with E-state index in [0.29, 0.717) is 24.3 Å². The van der Waals surface area contributed by atoms with E-state index < -0.39 is 11.5 Å². The lowest BCUT2D eigenvalue weighted by Gasteiger charge is -2.33. The van der Waals surface area contributed by atoms with Crippen LogP contribution in [0.15, 0.2) is 24.3 Å². The molecule has 1 aliphatic carbocycles. The van der Waals surface area contributed by atoms with Crippen molar-refractivity contribution in [1.29, 1.82) is 0 Å². The van der Waals surface area contributed by atoms with E-state index >= 15 is 0 Å². The van der Waals surface area contributed by atoms with E-state index in [1.54, 1.807) is 19.2 Å². The highest BCUT2D eigenvalue weighted by Gasteiger charge is 2.41. The SMILES string of the molecule is COc1ccc2[nH]c(C(=O)NC3(C(=O)O)CCCCC3)cc2c1. The summed E-state index contributed by atoms with van der Waals surface area (Å²) in [6.45, 7) is 0. The summed E-state index contributed by atoms with van der Waals surface area (Å²) in [5.41, 5.74) is 0.0213. The van der Waals surface area contributed by atoms with E-state index in [2.05, 4.69) is 10.3 Å². The average Bonchev–Trinajstić information content (AvgIpc) is 2.98. The molecule has 1 aliphatic rings. The Morgan fingerprint density at radius 3 is 2.61 bits per heavy atom. The number of fused-ring (bicyclic) bond motifs is 1. The van der Waals surface area contributed by atoms with Gasteiger partial charge in [-0.2, -0.15) is 0 Å². The van der Waals surface area contributed by atoms with Gasteiger partial charge in [-0.1, -0.05) is 19.3 Å². The van der Waals surface area contributed by atoms with Crippen molar-refractivity contribution in [3.05, 3.63) is 30.0 Å². The molecule has 0 atom stereocenters. The predicted octanol–water partition coefficient (Wildman–Crippen LogP) is 2.69. The van der Waals surface area contributed by atoms with Crippen LogP contribution in [0.1, 0.15) is 42.6 Å². The molecule has 1 heterocycles. The Morgan fingerprint density at radius 1 is 1.22 bits per heavy atom. The third-order valence-corrected chi connectivity index (χ3v) is 4.54. The third kappa shape index (κ3) is 2.88. The number of carboxylic acids is 1. The van der Waals surface area contributed by atoms with Crippen LogP contribution in [0.5, 0.6) is 5.75 Å². The van der Waals surface area contributed by atoms with Crippen molar-refractivity contribution >= 4 is 22.8 Å². The number of aromatic nitrogens is 1. The first-order valence-electron chi connectivity index (χ1n) is 7.77. The smallest absolute Gasteiger partial charge is 0.329 e. The Bertz CT molecular complexity index is 744. The Kier molecular flexibility index (Phi) is 3.98. The summed E-state index contributed by atoms with van der Waals surface area (Å²) < 4.78 is 5.17. The zero-order valence-corrected chi connectivity index (χ0v) is 13.0. The first kappa shape index (κ1) is 15.4. The van der Waals surface area contributed by atoms with E-state index in [-0.39, 0.29) is 5.91 Å². The van der Waals surface area contributed by atoms with E-state index in [9.17, 15) is 14.7 Å². The van der Waals surface area contributed by atoms with Gasteiger partial charge in [-0.3, -0.25) is 4.79 Å². The van der Waals surface area contributed by atoms with Gasteiger partial charge in [0.05, 0.1) is 7.11 Å². The Balaban J connectivity index is 1.86. The number of carbonyl (C=O) groups is 2. The highest BCUT2D eigenvalue weighted by molar-refractivity contribution is 6.00. The lowest BCUT2D eigenvalue weighted by molar-refractivity contribution is -0.145. The molecule has 1 amide bonds. The number of H-pyrrole nitrogens is 1. The molecule has 3 rings (SSSR count). The summed E-state index contributed by atoms with van der Waals surface area (Å²) in [6, 6.07) is 7.18. The van der Waals surface area contributed by atoms with E-state index in [1.165, 1.54) is 0 Å². The minimum Gasteiger partial charge on any atom is -0.497 e. The van der Waals surface area contributed by atoms with Gasteiger partial charge in [0.2, 0.25) is 0 Å². The zero-order chi connectivity index (χ0) is 16.4. The maximum absolute atomic E-state index is 12.5. The lowest BCUT2D eigenvalue weighted by atomic mass is 9.81. The number of hydrogen-bond acceptors (Lipinski definition) is 3. The van der Waals surface area contributed by atoms with E-state index in [0.717, 1.165) is 30.2 Å². The molecule has 0 spiro atoms. The second-order valence-corrected chi connectivity index (χ2v) is 6.04. The number of methoxy groups -OCH3 is 1. The van der Waals surface area contributed by atoms with Crippen LogP contribution in [0.25, 0.3) is 10.9 Å². The normalized spacial score (nSPS) is 16.9. The summed E-state index contributed by atoms with van der Waals surface area (Å²) in [7, 11) is 1.58. The van der Waals surface area contributed by atoms with Gasteiger partial charge >= 0.3 is 5.97 Å². The number of carboxylic acid groups (broad SMARTS) is 1. The van der Waals surface area contributed by atoms with E-state index in [4.69, 9.17) is 4.74 Å². The highest BCUT2D eigenvalue weighted by atomic mass is 16.5. The molecule has 23 heavy (non-hydrogen) atoms. The second kappa shape index (κ2) is 5.95. The molecule has 0 aliphatic heterocycles. The van der Waals surface area contributed by atoms with Crippen molar-refractivity contribution in [3.8, 4) is 5.75 Å². The van der Waals surface area contributed by atoms with Crippen LogP contribution in [-0.4, -0.2) is 34.6 Å². The monoisotopic (exact) mass is 316 g/mol. The zero-order valence-electron chi connectivity index (χ0n) is 13.0. The molecular weight excluding hydrogens is 296 g/mol. The second-order valence-electron chi connectivity index (χ2n) is 6.04. The third-order valence-electron chi connectivity index (χ3n) is 4.54. The molecule has 1 saturated carbocycles. The highest BCUT2D eigenvalue weighted by Crippen LogP contribution is 2.29. The maximum Gasteiger partial charge on any atom is 0.329 e. The number of nitrogens with one attached hydrogen (secondary N) is 2. The van der Waals surface area contributed by atoms with Crippen molar-refractivity contribution < 1.29 is 19.4 Å². The lowest BCUT2D eigenvalue weighted by Crippen LogP contribution is -2.55. The fraction of sp³-hybridized carbons (Fsp3) is 0.412. The fourth-order valence-electron chi connectivity index (χ4n) is 3.19. The first-order valence-corrected chi connectivity index (χ1v) is 7.77. The first-order chi connectivity index (χ1) is 11.0. The molecule has 6 nitrogen and oxygen atoms in total. The van der Waals surface area contributed by atoms with Gasteiger partial charge in [0, 0.05) is 10.9 Å². The number of benzene rings is 1. The van der Waals surface area contributed by atoms with Gasteiger partial charge in [-0.15, -0.1) is 0 Å². The Hall–Kier alpha value is -2.50. The summed E-state index contributed by atoms with van der Waals surface area (Å²) in [6.07, 6.45) is 3.59. The van der Waals surface area contributed by atoms with Crippen LogP contribution < -0.4 is 10.1 Å². The van der Waals surface area contributed by atoms with Gasteiger partial charge in [-0.05, 0) is 37.1 Å². The Labute approximate surface area is 133 Å². The number of rotatable bonds is 4. The number of hydrogen-bond donors (Lipinski definition) is 3. The van der Waals surface area contributed by atoms with Crippen LogP contribution in [0.4, 0.5) is 0 Å². The number of ether oxygens (including phenoxy) is 1. The topological polar surface area (TPSA) is 91.4 Å². The number of carbonyl (C=O) groups excluding carboxylic acids is 1. The van der Waals surface area contributed by atoms with Crippen molar-refractivity contribution in [3.63, 3.8) is 0 Å². The summed E-state index contributed by atoms with van der Waals surface area (Å²) in [4.78, 5) is 27.2. The van der Waals surface area contributed by atoms with Crippen molar-refractivity contribution in [2.75, 3.05) is 7.11 Å². The molecule has 1 aromatic heterocycles. The molecule has 122 valence electrons. The number of aromatic amines is 1. The molecule has 0 unspecified atom stereocenters. The van der Waals surface area contributed by atoms with Gasteiger partial charge in [0.1, 0.15) is 17.0 Å². The van der Waals surface area contributed by atoms with Crippen molar-refractivity contribution in [2.45, 2.75) is 37.6 Å². The number of aliphatic carboxylic acids is 1. The minimum absolute atomic E-state index is 0.361. The summed E-state index contributed by atoms with van der Waals surface area (Å²) in [5.74, 6) is -0.634. The molecule has 0 radical (unpaired) electrons.